The van der Waals surface area contributed by atoms with Crippen LogP contribution in [0.1, 0.15) is 13.8 Å². The summed E-state index contributed by atoms with van der Waals surface area (Å²) in [5.41, 5.74) is 1.39. The van der Waals surface area contributed by atoms with Gasteiger partial charge in [-0.05, 0) is 26.0 Å². The molecule has 6 heteroatoms. The smallest absolute Gasteiger partial charge is 0.305 e. The van der Waals surface area contributed by atoms with Gasteiger partial charge in [0.15, 0.2) is 0 Å². The lowest BCUT2D eigenvalue weighted by Gasteiger charge is -1.99. The van der Waals surface area contributed by atoms with Crippen LogP contribution in [0.25, 0.3) is 22.9 Å². The molecule has 0 fully saturated rings. The highest BCUT2D eigenvalue weighted by molar-refractivity contribution is 5.63. The molecule has 113 valence electrons. The van der Waals surface area contributed by atoms with Crippen LogP contribution in [0, 0.1) is 6.07 Å². The van der Waals surface area contributed by atoms with E-state index in [1.54, 1.807) is 0 Å². The number of hydrogen-bond acceptors (Lipinski definition) is 6. The standard InChI is InChI=1S/C16H15N2O4/c1-3-19-13-9-17-15(21-13)11-6-5-7-12(8-11)16-18-10-14(22-16)20-4-2/h5-7,9-10H,3-4H2,1-2H3. The average molecular weight is 299 g/mol. The second-order valence-corrected chi connectivity index (χ2v) is 4.31. The maximum Gasteiger partial charge on any atom is 0.305 e. The number of benzene rings is 1. The van der Waals surface area contributed by atoms with Crippen LogP contribution >= 0.6 is 0 Å². The van der Waals surface area contributed by atoms with Crippen LogP contribution < -0.4 is 9.47 Å². The molecule has 0 aliphatic heterocycles. The molecule has 22 heavy (non-hydrogen) atoms. The van der Waals surface area contributed by atoms with E-state index in [-0.39, 0.29) is 0 Å². The summed E-state index contributed by atoms with van der Waals surface area (Å²) in [6.45, 7) is 4.81. The van der Waals surface area contributed by atoms with Gasteiger partial charge in [0, 0.05) is 17.2 Å². The molecule has 0 bridgehead atoms. The Labute approximate surface area is 127 Å². The maximum absolute atomic E-state index is 5.50. The first-order valence-corrected chi connectivity index (χ1v) is 7.00. The molecule has 0 spiro atoms. The number of aromatic nitrogens is 2. The van der Waals surface area contributed by atoms with Crippen molar-refractivity contribution in [2.75, 3.05) is 13.2 Å². The summed E-state index contributed by atoms with van der Waals surface area (Å²) >= 11 is 0. The SMILES string of the molecule is CCOc1cnc(-c2[c]c(-c3ncc(OCC)o3)ccc2)o1. The Balaban J connectivity index is 1.87. The highest BCUT2D eigenvalue weighted by atomic mass is 16.6. The van der Waals surface area contributed by atoms with Crippen LogP contribution in [0.3, 0.4) is 0 Å². The van der Waals surface area contributed by atoms with E-state index in [2.05, 4.69) is 16.0 Å². The van der Waals surface area contributed by atoms with E-state index in [4.69, 9.17) is 18.3 Å². The molecular weight excluding hydrogens is 284 g/mol. The van der Waals surface area contributed by atoms with Gasteiger partial charge in [-0.25, -0.2) is 9.97 Å². The lowest BCUT2D eigenvalue weighted by molar-refractivity contribution is 0.260. The van der Waals surface area contributed by atoms with Gasteiger partial charge in [-0.1, -0.05) is 6.07 Å². The van der Waals surface area contributed by atoms with Crippen molar-refractivity contribution >= 4 is 0 Å². The van der Waals surface area contributed by atoms with Gasteiger partial charge in [-0.2, -0.15) is 0 Å². The fourth-order valence-electron chi connectivity index (χ4n) is 1.90. The topological polar surface area (TPSA) is 70.5 Å². The summed E-state index contributed by atoms with van der Waals surface area (Å²) < 4.78 is 21.5. The molecule has 1 aromatic carbocycles. The highest BCUT2D eigenvalue weighted by Crippen LogP contribution is 2.28. The number of rotatable bonds is 6. The fraction of sp³-hybridized carbons (Fsp3) is 0.250. The Morgan fingerprint density at radius 2 is 1.41 bits per heavy atom. The Bertz CT molecular complexity index is 688. The van der Waals surface area contributed by atoms with E-state index in [1.165, 1.54) is 12.4 Å². The molecule has 2 heterocycles. The molecule has 0 atom stereocenters. The van der Waals surface area contributed by atoms with Crippen LogP contribution in [0.15, 0.2) is 39.4 Å². The zero-order chi connectivity index (χ0) is 15.4. The van der Waals surface area contributed by atoms with Gasteiger partial charge < -0.3 is 18.3 Å². The van der Waals surface area contributed by atoms with Crippen LogP contribution in [0.2, 0.25) is 0 Å². The van der Waals surface area contributed by atoms with E-state index in [1.807, 2.05) is 32.0 Å². The Hall–Kier alpha value is -2.76. The van der Waals surface area contributed by atoms with Gasteiger partial charge in [0.05, 0.1) is 13.2 Å². The summed E-state index contributed by atoms with van der Waals surface area (Å²) in [7, 11) is 0. The number of nitrogens with zero attached hydrogens (tertiary/aromatic N) is 2. The first kappa shape index (κ1) is 14.2. The fourth-order valence-corrected chi connectivity index (χ4v) is 1.90. The molecule has 0 saturated heterocycles. The lowest BCUT2D eigenvalue weighted by atomic mass is 10.1. The summed E-state index contributed by atoms with van der Waals surface area (Å²) in [4.78, 5) is 8.35. The van der Waals surface area contributed by atoms with Gasteiger partial charge in [-0.15, -0.1) is 0 Å². The minimum absolute atomic E-state index is 0.381. The molecule has 1 radical (unpaired) electrons. The van der Waals surface area contributed by atoms with E-state index >= 15 is 0 Å². The summed E-state index contributed by atoms with van der Waals surface area (Å²) in [6.07, 6.45) is 3.08. The first-order chi connectivity index (χ1) is 10.8. The van der Waals surface area contributed by atoms with Gasteiger partial charge in [0.2, 0.25) is 11.8 Å². The quantitative estimate of drug-likeness (QED) is 0.692. The molecule has 0 amide bonds. The van der Waals surface area contributed by atoms with Gasteiger partial charge in [0.1, 0.15) is 12.4 Å². The van der Waals surface area contributed by atoms with Crippen molar-refractivity contribution in [3.05, 3.63) is 36.7 Å². The minimum atomic E-state index is 0.381. The molecular formula is C16H15N2O4. The second kappa shape index (κ2) is 6.34. The third-order valence-corrected chi connectivity index (χ3v) is 2.80. The summed E-state index contributed by atoms with van der Waals surface area (Å²) in [5, 5.41) is 0. The molecule has 0 N–H and O–H groups in total. The third kappa shape index (κ3) is 2.95. The first-order valence-electron chi connectivity index (χ1n) is 7.00. The van der Waals surface area contributed by atoms with E-state index in [0.717, 1.165) is 0 Å². The van der Waals surface area contributed by atoms with Crippen molar-refractivity contribution in [3.8, 4) is 34.8 Å². The van der Waals surface area contributed by atoms with Crippen molar-refractivity contribution in [3.63, 3.8) is 0 Å². The largest absolute Gasteiger partial charge is 0.464 e. The third-order valence-electron chi connectivity index (χ3n) is 2.80. The zero-order valence-electron chi connectivity index (χ0n) is 12.3. The molecule has 0 unspecified atom stereocenters. The molecule has 2 aromatic heterocycles. The van der Waals surface area contributed by atoms with Crippen molar-refractivity contribution in [1.82, 2.24) is 9.97 Å². The molecule has 0 saturated carbocycles. The number of oxazole rings is 2. The Morgan fingerprint density at radius 1 is 0.909 bits per heavy atom. The Morgan fingerprint density at radius 3 is 1.86 bits per heavy atom. The lowest BCUT2D eigenvalue weighted by Crippen LogP contribution is -1.88. The second-order valence-electron chi connectivity index (χ2n) is 4.31. The van der Waals surface area contributed by atoms with Crippen LogP contribution in [-0.4, -0.2) is 23.2 Å². The van der Waals surface area contributed by atoms with Crippen LogP contribution in [-0.2, 0) is 0 Å². The molecule has 0 aliphatic carbocycles. The van der Waals surface area contributed by atoms with Gasteiger partial charge in [-0.3, -0.25) is 0 Å². The maximum atomic E-state index is 5.50. The summed E-state index contributed by atoms with van der Waals surface area (Å²) in [6, 6.07) is 8.71. The highest BCUT2D eigenvalue weighted by Gasteiger charge is 2.12. The normalized spacial score (nSPS) is 10.6. The van der Waals surface area contributed by atoms with Crippen molar-refractivity contribution in [2.45, 2.75) is 13.8 Å². The van der Waals surface area contributed by atoms with Crippen LogP contribution in [0.4, 0.5) is 0 Å². The molecule has 3 aromatic rings. The van der Waals surface area contributed by atoms with E-state index in [0.29, 0.717) is 48.0 Å². The van der Waals surface area contributed by atoms with E-state index in [9.17, 15) is 0 Å². The van der Waals surface area contributed by atoms with Crippen molar-refractivity contribution in [2.24, 2.45) is 0 Å². The van der Waals surface area contributed by atoms with Gasteiger partial charge in [0.25, 0.3) is 0 Å². The van der Waals surface area contributed by atoms with Crippen molar-refractivity contribution < 1.29 is 18.3 Å². The number of hydrogen-bond donors (Lipinski definition) is 0. The molecule has 3 rings (SSSR count). The zero-order valence-corrected chi connectivity index (χ0v) is 12.3. The predicted octanol–water partition coefficient (Wildman–Crippen LogP) is 3.59. The monoisotopic (exact) mass is 299 g/mol. The Kier molecular flexibility index (Phi) is 4.09. The van der Waals surface area contributed by atoms with E-state index < -0.39 is 0 Å². The minimum Gasteiger partial charge on any atom is -0.464 e. The molecule has 6 nitrogen and oxygen atoms in total. The van der Waals surface area contributed by atoms with Crippen molar-refractivity contribution in [1.29, 1.82) is 0 Å². The van der Waals surface area contributed by atoms with Crippen LogP contribution in [0.5, 0.6) is 11.9 Å². The summed E-state index contributed by atoms with van der Waals surface area (Å²) in [5.74, 6) is 1.63. The van der Waals surface area contributed by atoms with Gasteiger partial charge >= 0.3 is 11.9 Å². The predicted molar refractivity (Wildman–Crippen MR) is 78.6 cm³/mol. The average Bonchev–Trinajstić information content (AvgIpc) is 3.18. The number of ether oxygens (including phenoxy) is 2. The molecule has 0 aliphatic rings.